The maximum Gasteiger partial charge on any atom is 0.244 e. The molecule has 3 aliphatic heterocycles. The van der Waals surface area contributed by atoms with Crippen molar-refractivity contribution in [3.63, 3.8) is 0 Å². The lowest BCUT2D eigenvalue weighted by atomic mass is 9.65. The van der Waals surface area contributed by atoms with E-state index < -0.39 is 16.7 Å². The first-order chi connectivity index (χ1) is 15.0. The van der Waals surface area contributed by atoms with Gasteiger partial charge in [-0.25, -0.2) is 0 Å². The molecule has 1 aliphatic carbocycles. The van der Waals surface area contributed by atoms with Crippen molar-refractivity contribution in [1.29, 1.82) is 0 Å². The van der Waals surface area contributed by atoms with Crippen LogP contribution in [0, 0.1) is 17.8 Å². The maximum absolute atomic E-state index is 13.7. The Balaban J connectivity index is 1.64. The molecule has 8 heteroatoms. The monoisotopic (exact) mass is 451 g/mol. The van der Waals surface area contributed by atoms with Gasteiger partial charge in [-0.3, -0.25) is 14.4 Å². The first-order valence-corrected chi connectivity index (χ1v) is 13.0. The number of carbonyl (C=O) groups is 3. The summed E-state index contributed by atoms with van der Waals surface area (Å²) in [5, 5.41) is 15.8. The van der Waals surface area contributed by atoms with Crippen LogP contribution in [0.25, 0.3) is 0 Å². The summed E-state index contributed by atoms with van der Waals surface area (Å²) in [7, 11) is 0. The number of hydrogen-bond acceptors (Lipinski definition) is 5. The van der Waals surface area contributed by atoms with Gasteiger partial charge in [-0.05, 0) is 38.0 Å². The molecule has 3 amide bonds. The van der Waals surface area contributed by atoms with E-state index in [0.717, 1.165) is 38.5 Å². The Kier molecular flexibility index (Phi) is 6.87. The minimum Gasteiger partial charge on any atom is -0.396 e. The number of carbonyl (C=O) groups excluding carboxylic acids is 3. The highest BCUT2D eigenvalue weighted by Gasteiger charge is 2.75. The Hall–Kier alpha value is -1.28. The number of fused-ring (bicyclic) bond motifs is 1. The average Bonchev–Trinajstić information content (AvgIpc) is 3.35. The van der Waals surface area contributed by atoms with E-state index in [2.05, 4.69) is 17.6 Å². The molecule has 2 bridgehead atoms. The topological polar surface area (TPSA) is 98.7 Å². The third kappa shape index (κ3) is 3.77. The molecule has 3 saturated heterocycles. The van der Waals surface area contributed by atoms with Crippen molar-refractivity contribution < 1.29 is 19.5 Å². The molecule has 0 aromatic carbocycles. The quantitative estimate of drug-likeness (QED) is 0.522. The van der Waals surface area contributed by atoms with E-state index in [1.165, 1.54) is 6.42 Å². The van der Waals surface area contributed by atoms with Crippen LogP contribution in [-0.4, -0.2) is 69.5 Å². The highest BCUT2D eigenvalue weighted by atomic mass is 32.2. The number of likely N-dealkylation sites (tertiary alicyclic amines) is 1. The Bertz CT molecular complexity index is 713. The normalized spacial score (nSPS) is 37.2. The summed E-state index contributed by atoms with van der Waals surface area (Å²) in [4.78, 5) is 42.1. The first-order valence-electron chi connectivity index (χ1n) is 12.1. The van der Waals surface area contributed by atoms with Crippen LogP contribution in [0.5, 0.6) is 0 Å². The van der Waals surface area contributed by atoms with Crippen LogP contribution < -0.4 is 10.6 Å². The zero-order valence-corrected chi connectivity index (χ0v) is 19.6. The van der Waals surface area contributed by atoms with Crippen molar-refractivity contribution >= 4 is 29.5 Å². The number of thioether (sulfide) groups is 1. The number of amides is 3. The third-order valence-electron chi connectivity index (χ3n) is 7.85. The molecular weight excluding hydrogens is 414 g/mol. The summed E-state index contributed by atoms with van der Waals surface area (Å²) in [6, 6.07) is -0.387. The molecule has 31 heavy (non-hydrogen) atoms. The van der Waals surface area contributed by atoms with Crippen LogP contribution in [-0.2, 0) is 14.4 Å². The zero-order valence-electron chi connectivity index (χ0n) is 18.8. The largest absolute Gasteiger partial charge is 0.396 e. The molecule has 4 fully saturated rings. The fourth-order valence-corrected chi connectivity index (χ4v) is 8.92. The molecule has 0 aromatic rings. The van der Waals surface area contributed by atoms with Gasteiger partial charge < -0.3 is 20.6 Å². The molecule has 3 heterocycles. The summed E-state index contributed by atoms with van der Waals surface area (Å²) in [6.45, 7) is 5.10. The van der Waals surface area contributed by atoms with Crippen molar-refractivity contribution in [3.8, 4) is 0 Å². The van der Waals surface area contributed by atoms with Crippen LogP contribution in [0.3, 0.4) is 0 Å². The maximum atomic E-state index is 13.7. The van der Waals surface area contributed by atoms with Gasteiger partial charge in [0.25, 0.3) is 0 Å². The standard InChI is InChI=1S/C23H37N3O4S/c1-3-10-24-20(28)17-16-13-14(2)23(31-16)18(17)22(30)26(11-7-12-27)19(23)21(29)25-15-8-5-4-6-9-15/h14-19,27H,3-13H2,1-2H3,(H,24,28)(H,25,29)/t14?,16-,17+,18+,19?,23?/m1/s1. The third-order valence-corrected chi connectivity index (χ3v) is 9.93. The number of hydrogen-bond donors (Lipinski definition) is 3. The second-order valence-corrected chi connectivity index (χ2v) is 11.3. The minimum absolute atomic E-state index is 0.0237. The number of aliphatic hydroxyl groups excluding tert-OH is 1. The lowest BCUT2D eigenvalue weighted by Crippen LogP contribution is -2.58. The van der Waals surface area contributed by atoms with Gasteiger partial charge in [0.1, 0.15) is 6.04 Å². The number of nitrogens with one attached hydrogen (secondary N) is 2. The van der Waals surface area contributed by atoms with E-state index in [1.54, 1.807) is 16.7 Å². The lowest BCUT2D eigenvalue weighted by molar-refractivity contribution is -0.140. The zero-order chi connectivity index (χ0) is 22.2. The number of nitrogens with zero attached hydrogens (tertiary/aromatic N) is 1. The Labute approximate surface area is 189 Å². The molecule has 1 spiro atoms. The van der Waals surface area contributed by atoms with Gasteiger partial charge in [0.15, 0.2) is 0 Å². The molecule has 4 rings (SSSR count). The van der Waals surface area contributed by atoms with Crippen LogP contribution in [0.15, 0.2) is 0 Å². The fraction of sp³-hybridized carbons (Fsp3) is 0.870. The number of rotatable bonds is 8. The van der Waals surface area contributed by atoms with Gasteiger partial charge in [0.2, 0.25) is 17.7 Å². The minimum atomic E-state index is -0.563. The van der Waals surface area contributed by atoms with E-state index in [-0.39, 0.29) is 47.5 Å². The molecule has 6 atom stereocenters. The second-order valence-electron chi connectivity index (χ2n) is 9.80. The van der Waals surface area contributed by atoms with Gasteiger partial charge in [-0.2, -0.15) is 0 Å². The summed E-state index contributed by atoms with van der Waals surface area (Å²) in [6.07, 6.45) is 7.61. The highest BCUT2D eigenvalue weighted by molar-refractivity contribution is 8.02. The van der Waals surface area contributed by atoms with Crippen LogP contribution >= 0.6 is 11.8 Å². The second kappa shape index (κ2) is 9.30. The van der Waals surface area contributed by atoms with Crippen molar-refractivity contribution in [2.75, 3.05) is 19.7 Å². The van der Waals surface area contributed by atoms with Crippen molar-refractivity contribution in [3.05, 3.63) is 0 Å². The molecule has 1 saturated carbocycles. The number of aliphatic hydroxyl groups is 1. The van der Waals surface area contributed by atoms with Crippen LogP contribution in [0.4, 0.5) is 0 Å². The molecule has 3 N–H and O–H groups in total. The lowest BCUT2D eigenvalue weighted by Gasteiger charge is -2.39. The Morgan fingerprint density at radius 3 is 2.65 bits per heavy atom. The SMILES string of the molecule is CCCNC(=O)[C@@H]1[C@H]2C(=O)N(CCCO)C(C(=O)NC3CCCCC3)C23S[C@@H]1CC3C. The van der Waals surface area contributed by atoms with Gasteiger partial charge in [0.05, 0.1) is 16.6 Å². The molecule has 0 aromatic heterocycles. The van der Waals surface area contributed by atoms with Gasteiger partial charge in [-0.1, -0.05) is 33.1 Å². The fourth-order valence-electron chi connectivity index (χ4n) is 6.49. The Morgan fingerprint density at radius 1 is 1.23 bits per heavy atom. The first kappa shape index (κ1) is 22.9. The van der Waals surface area contributed by atoms with Crippen molar-refractivity contribution in [1.82, 2.24) is 15.5 Å². The van der Waals surface area contributed by atoms with E-state index >= 15 is 0 Å². The molecule has 3 unspecified atom stereocenters. The van der Waals surface area contributed by atoms with Crippen LogP contribution in [0.2, 0.25) is 0 Å². The predicted octanol–water partition coefficient (Wildman–Crippen LogP) is 1.68. The Morgan fingerprint density at radius 2 is 1.97 bits per heavy atom. The highest BCUT2D eigenvalue weighted by Crippen LogP contribution is 2.68. The average molecular weight is 452 g/mol. The van der Waals surface area contributed by atoms with Gasteiger partial charge in [0, 0.05) is 31.0 Å². The summed E-state index contributed by atoms with van der Waals surface area (Å²) < 4.78 is -0.551. The summed E-state index contributed by atoms with van der Waals surface area (Å²) in [5.41, 5.74) is 0. The van der Waals surface area contributed by atoms with Crippen molar-refractivity contribution in [2.45, 2.75) is 87.3 Å². The van der Waals surface area contributed by atoms with Gasteiger partial charge in [-0.15, -0.1) is 11.8 Å². The molecule has 4 aliphatic rings. The van der Waals surface area contributed by atoms with E-state index in [0.29, 0.717) is 19.5 Å². The smallest absolute Gasteiger partial charge is 0.244 e. The van der Waals surface area contributed by atoms with E-state index in [9.17, 15) is 19.5 Å². The van der Waals surface area contributed by atoms with Crippen molar-refractivity contribution in [2.24, 2.45) is 17.8 Å². The van der Waals surface area contributed by atoms with Gasteiger partial charge >= 0.3 is 0 Å². The molecule has 174 valence electrons. The summed E-state index contributed by atoms with van der Waals surface area (Å²) >= 11 is 1.72. The molecule has 0 radical (unpaired) electrons. The van der Waals surface area contributed by atoms with Crippen LogP contribution in [0.1, 0.15) is 65.2 Å². The van der Waals surface area contributed by atoms with E-state index in [4.69, 9.17) is 0 Å². The predicted molar refractivity (Wildman–Crippen MR) is 120 cm³/mol. The molecule has 7 nitrogen and oxygen atoms in total. The van der Waals surface area contributed by atoms with E-state index in [1.807, 2.05) is 6.92 Å². The summed E-state index contributed by atoms with van der Waals surface area (Å²) in [5.74, 6) is -0.811. The molecular formula is C23H37N3O4S.